The number of benzene rings is 3. The highest BCUT2D eigenvalue weighted by Crippen LogP contribution is 2.23. The first-order valence-corrected chi connectivity index (χ1v) is 10.3. The molecule has 0 aliphatic carbocycles. The first kappa shape index (κ1) is 19.4. The van der Waals surface area contributed by atoms with E-state index in [2.05, 4.69) is 77.6 Å². The third-order valence-corrected chi connectivity index (χ3v) is 5.49. The number of fused-ring (bicyclic) bond motifs is 1. The van der Waals surface area contributed by atoms with Gasteiger partial charge in [0.25, 0.3) is 0 Å². The number of halogens is 1. The fourth-order valence-corrected chi connectivity index (χ4v) is 3.80. The van der Waals surface area contributed by atoms with Crippen LogP contribution in [0.1, 0.15) is 30.0 Å². The van der Waals surface area contributed by atoms with Gasteiger partial charge in [0.05, 0.1) is 0 Å². The van der Waals surface area contributed by atoms with Crippen LogP contribution in [0.25, 0.3) is 10.9 Å². The Bertz CT molecular complexity index is 1050. The molecule has 0 unspecified atom stereocenters. The Balaban J connectivity index is 1.44. The monoisotopic (exact) mass is 386 g/mol. The van der Waals surface area contributed by atoms with Crippen molar-refractivity contribution in [2.24, 2.45) is 0 Å². The van der Waals surface area contributed by atoms with Crippen molar-refractivity contribution < 1.29 is 4.39 Å². The Morgan fingerprint density at radius 2 is 1.59 bits per heavy atom. The average molecular weight is 387 g/mol. The molecule has 0 fully saturated rings. The minimum atomic E-state index is -0.194. The molecule has 2 nitrogen and oxygen atoms in total. The third-order valence-electron chi connectivity index (χ3n) is 5.49. The van der Waals surface area contributed by atoms with Gasteiger partial charge < -0.3 is 9.88 Å². The summed E-state index contributed by atoms with van der Waals surface area (Å²) in [5.74, 6) is -0.194. The number of para-hydroxylation sites is 1. The molecule has 0 aliphatic heterocycles. The van der Waals surface area contributed by atoms with Gasteiger partial charge >= 0.3 is 0 Å². The quantitative estimate of drug-likeness (QED) is 0.396. The molecule has 4 aromatic rings. The summed E-state index contributed by atoms with van der Waals surface area (Å²) in [6, 6.07) is 26.3. The lowest BCUT2D eigenvalue weighted by Gasteiger charge is -2.13. The number of aryl methyl sites for hydroxylation is 1. The van der Waals surface area contributed by atoms with Crippen LogP contribution in [0.2, 0.25) is 0 Å². The third kappa shape index (κ3) is 4.93. The SMILES string of the molecule is C[C@@H](CCc1ccccc1)NCc1cn(Cc2ccc(F)cc2)c2ccccc12. The Morgan fingerprint density at radius 3 is 2.38 bits per heavy atom. The summed E-state index contributed by atoms with van der Waals surface area (Å²) in [6.07, 6.45) is 4.42. The van der Waals surface area contributed by atoms with Gasteiger partial charge in [-0.25, -0.2) is 4.39 Å². The summed E-state index contributed by atoms with van der Waals surface area (Å²) in [6.45, 7) is 3.83. The number of nitrogens with one attached hydrogen (secondary N) is 1. The molecule has 148 valence electrons. The van der Waals surface area contributed by atoms with E-state index >= 15 is 0 Å². The van der Waals surface area contributed by atoms with Crippen LogP contribution in [0.5, 0.6) is 0 Å². The van der Waals surface area contributed by atoms with Gasteiger partial charge in [0.1, 0.15) is 5.82 Å². The smallest absolute Gasteiger partial charge is 0.123 e. The fourth-order valence-electron chi connectivity index (χ4n) is 3.80. The van der Waals surface area contributed by atoms with Gasteiger partial charge in [-0.2, -0.15) is 0 Å². The van der Waals surface area contributed by atoms with Crippen LogP contribution in [-0.2, 0) is 19.5 Å². The molecule has 0 saturated carbocycles. The van der Waals surface area contributed by atoms with E-state index in [-0.39, 0.29) is 5.82 Å². The molecule has 29 heavy (non-hydrogen) atoms. The number of nitrogens with zero attached hydrogens (tertiary/aromatic N) is 1. The Morgan fingerprint density at radius 1 is 0.862 bits per heavy atom. The summed E-state index contributed by atoms with van der Waals surface area (Å²) < 4.78 is 15.5. The molecule has 0 radical (unpaired) electrons. The first-order valence-electron chi connectivity index (χ1n) is 10.3. The predicted octanol–water partition coefficient (Wildman–Crippen LogP) is 5.94. The van der Waals surface area contributed by atoms with Crippen LogP contribution in [-0.4, -0.2) is 10.6 Å². The van der Waals surface area contributed by atoms with Crippen molar-refractivity contribution in [3.8, 4) is 0 Å². The molecule has 0 aliphatic rings. The Hall–Kier alpha value is -2.91. The van der Waals surface area contributed by atoms with E-state index in [1.165, 1.54) is 34.2 Å². The van der Waals surface area contributed by atoms with Crippen molar-refractivity contribution >= 4 is 10.9 Å². The molecule has 4 rings (SSSR count). The van der Waals surface area contributed by atoms with E-state index in [1.54, 1.807) is 0 Å². The number of hydrogen-bond donors (Lipinski definition) is 1. The fraction of sp³-hybridized carbons (Fsp3) is 0.231. The highest BCUT2D eigenvalue weighted by atomic mass is 19.1. The van der Waals surface area contributed by atoms with Crippen molar-refractivity contribution in [3.05, 3.63) is 108 Å². The van der Waals surface area contributed by atoms with Crippen LogP contribution in [0.4, 0.5) is 4.39 Å². The molecule has 0 bridgehead atoms. The molecule has 3 heteroatoms. The van der Waals surface area contributed by atoms with E-state index in [0.717, 1.165) is 31.5 Å². The lowest BCUT2D eigenvalue weighted by atomic mass is 10.1. The zero-order chi connectivity index (χ0) is 20.1. The molecular weight excluding hydrogens is 359 g/mol. The van der Waals surface area contributed by atoms with Crippen molar-refractivity contribution in [2.75, 3.05) is 0 Å². The van der Waals surface area contributed by atoms with E-state index in [0.29, 0.717) is 6.04 Å². The van der Waals surface area contributed by atoms with Crippen LogP contribution in [0.3, 0.4) is 0 Å². The van der Waals surface area contributed by atoms with Gasteiger partial charge in [0.15, 0.2) is 0 Å². The van der Waals surface area contributed by atoms with Crippen molar-refractivity contribution in [1.82, 2.24) is 9.88 Å². The number of rotatable bonds is 8. The summed E-state index contributed by atoms with van der Waals surface area (Å²) in [7, 11) is 0. The summed E-state index contributed by atoms with van der Waals surface area (Å²) in [5.41, 5.74) is 5.00. The molecular formula is C26H27FN2. The van der Waals surface area contributed by atoms with Crippen molar-refractivity contribution in [2.45, 2.75) is 38.9 Å². The van der Waals surface area contributed by atoms with E-state index in [9.17, 15) is 4.39 Å². The molecule has 0 amide bonds. The molecule has 3 aromatic carbocycles. The molecule has 1 aromatic heterocycles. The maximum Gasteiger partial charge on any atom is 0.123 e. The second-order valence-corrected chi connectivity index (χ2v) is 7.73. The first-order chi connectivity index (χ1) is 14.2. The standard InChI is InChI=1S/C26H27FN2/c1-20(11-12-21-7-3-2-4-8-21)28-17-23-19-29(26-10-6-5-9-25(23)26)18-22-13-15-24(27)16-14-22/h2-10,13-16,19-20,28H,11-12,17-18H2,1H3/t20-/m0/s1. The molecule has 1 N–H and O–H groups in total. The normalized spacial score (nSPS) is 12.3. The maximum atomic E-state index is 13.2. The van der Waals surface area contributed by atoms with Gasteiger partial charge in [-0.3, -0.25) is 0 Å². The maximum absolute atomic E-state index is 13.2. The van der Waals surface area contributed by atoms with Crippen molar-refractivity contribution in [1.29, 1.82) is 0 Å². The Labute approximate surface area is 172 Å². The Kier molecular flexibility index (Phi) is 6.06. The minimum absolute atomic E-state index is 0.194. The van der Waals surface area contributed by atoms with Gasteiger partial charge in [0, 0.05) is 36.2 Å². The van der Waals surface area contributed by atoms with Crippen LogP contribution in [0.15, 0.2) is 85.1 Å². The largest absolute Gasteiger partial charge is 0.343 e. The summed E-state index contributed by atoms with van der Waals surface area (Å²) in [4.78, 5) is 0. The molecule has 1 atom stereocenters. The second-order valence-electron chi connectivity index (χ2n) is 7.73. The highest BCUT2D eigenvalue weighted by Gasteiger charge is 2.10. The zero-order valence-electron chi connectivity index (χ0n) is 16.8. The predicted molar refractivity (Wildman–Crippen MR) is 119 cm³/mol. The van der Waals surface area contributed by atoms with Gasteiger partial charge in [-0.05, 0) is 54.7 Å². The van der Waals surface area contributed by atoms with Gasteiger partial charge in [-0.15, -0.1) is 0 Å². The second kappa shape index (κ2) is 9.06. The molecule has 0 spiro atoms. The lowest BCUT2D eigenvalue weighted by Crippen LogP contribution is -2.25. The number of hydrogen-bond acceptors (Lipinski definition) is 1. The van der Waals surface area contributed by atoms with E-state index < -0.39 is 0 Å². The van der Waals surface area contributed by atoms with E-state index in [4.69, 9.17) is 0 Å². The summed E-state index contributed by atoms with van der Waals surface area (Å²) in [5, 5.41) is 4.96. The van der Waals surface area contributed by atoms with Gasteiger partial charge in [-0.1, -0.05) is 60.7 Å². The topological polar surface area (TPSA) is 17.0 Å². The molecule has 0 saturated heterocycles. The van der Waals surface area contributed by atoms with Crippen LogP contribution >= 0.6 is 0 Å². The minimum Gasteiger partial charge on any atom is -0.343 e. The van der Waals surface area contributed by atoms with Crippen molar-refractivity contribution in [3.63, 3.8) is 0 Å². The number of aromatic nitrogens is 1. The summed E-state index contributed by atoms with van der Waals surface area (Å²) >= 11 is 0. The van der Waals surface area contributed by atoms with Crippen LogP contribution < -0.4 is 5.32 Å². The van der Waals surface area contributed by atoms with Gasteiger partial charge in [0.2, 0.25) is 0 Å². The lowest BCUT2D eigenvalue weighted by molar-refractivity contribution is 0.514. The molecule has 1 heterocycles. The zero-order valence-corrected chi connectivity index (χ0v) is 16.8. The van der Waals surface area contributed by atoms with E-state index in [1.807, 2.05) is 12.1 Å². The average Bonchev–Trinajstić information content (AvgIpc) is 3.11. The van der Waals surface area contributed by atoms with Crippen LogP contribution in [0, 0.1) is 5.82 Å². The highest BCUT2D eigenvalue weighted by molar-refractivity contribution is 5.84.